The lowest BCUT2D eigenvalue weighted by molar-refractivity contribution is -0.279. The Kier molecular flexibility index (Phi) is 24.4. The summed E-state index contributed by atoms with van der Waals surface area (Å²) >= 11 is 0. The first-order valence-electron chi connectivity index (χ1n) is 14.2. The second-order valence-electron chi connectivity index (χ2n) is 9.50. The van der Waals surface area contributed by atoms with Crippen LogP contribution in [0.15, 0.2) is 12.0 Å². The molecule has 0 fully saturated rings. The van der Waals surface area contributed by atoms with Crippen LogP contribution in [0.5, 0.6) is 0 Å². The Labute approximate surface area is 229 Å². The molecule has 1 unspecified atom stereocenters. The molecule has 0 spiro atoms. The highest BCUT2D eigenvalue weighted by atomic mass is 31.1. The van der Waals surface area contributed by atoms with Crippen molar-refractivity contribution in [2.24, 2.45) is 5.73 Å². The fourth-order valence-corrected chi connectivity index (χ4v) is 4.21. The van der Waals surface area contributed by atoms with Crippen molar-refractivity contribution in [3.8, 4) is 0 Å². The molecular weight excluding hydrogens is 513 g/mol. The third kappa shape index (κ3) is 22.3. The van der Waals surface area contributed by atoms with Crippen LogP contribution in [0.3, 0.4) is 0 Å². The van der Waals surface area contributed by atoms with Gasteiger partial charge in [0.2, 0.25) is 0 Å². The van der Waals surface area contributed by atoms with Gasteiger partial charge >= 0.3 is 20.2 Å². The van der Waals surface area contributed by atoms with Crippen molar-refractivity contribution in [3.05, 3.63) is 12.0 Å². The van der Waals surface area contributed by atoms with E-state index in [4.69, 9.17) is 24.3 Å². The first kappa shape index (κ1) is 36.3. The molecule has 0 radical (unpaired) electrons. The molecule has 11 heteroatoms. The molecule has 0 saturated heterocycles. The third-order valence-corrected chi connectivity index (χ3v) is 6.64. The smallest absolute Gasteiger partial charge is 0.697 e. The van der Waals surface area contributed by atoms with Gasteiger partial charge in [-0.25, -0.2) is 0 Å². The van der Waals surface area contributed by atoms with Crippen molar-refractivity contribution in [3.63, 3.8) is 0 Å². The number of carbonyl (C=O) groups excluding carboxylic acids is 2. The van der Waals surface area contributed by atoms with Crippen molar-refractivity contribution in [2.45, 2.75) is 129 Å². The summed E-state index contributed by atoms with van der Waals surface area (Å²) in [6, 6.07) is -1.14. The number of hydrogen-bond acceptors (Lipinski definition) is 10. The highest BCUT2D eigenvalue weighted by Crippen LogP contribution is 2.25. The molecule has 0 aliphatic carbocycles. The van der Waals surface area contributed by atoms with E-state index in [9.17, 15) is 24.4 Å². The van der Waals surface area contributed by atoms with E-state index in [0.717, 1.165) is 44.9 Å². The van der Waals surface area contributed by atoms with Crippen molar-refractivity contribution in [2.75, 3.05) is 19.8 Å². The highest BCUT2D eigenvalue weighted by molar-refractivity contribution is 7.33. The molecule has 0 bridgehead atoms. The number of carbonyl (C=O) groups is 2. The van der Waals surface area contributed by atoms with Crippen molar-refractivity contribution in [1.82, 2.24) is 0 Å². The first-order valence-corrected chi connectivity index (χ1v) is 15.3. The summed E-state index contributed by atoms with van der Waals surface area (Å²) < 4.78 is 32.7. The number of ether oxygens (including phenoxy) is 2. The van der Waals surface area contributed by atoms with Gasteiger partial charge in [-0.15, -0.1) is 15.3 Å². The summed E-state index contributed by atoms with van der Waals surface area (Å²) in [5, 5.41) is 19.8. The number of unbranched alkanes of at least 4 members (excludes halogenated alkanes) is 12. The fourth-order valence-electron chi connectivity index (χ4n) is 3.57. The second kappa shape index (κ2) is 25.5. The molecule has 0 aliphatic heterocycles. The zero-order chi connectivity index (χ0) is 28.4. The van der Waals surface area contributed by atoms with Gasteiger partial charge in [0.25, 0.3) is 0 Å². The Morgan fingerprint density at radius 2 is 1.26 bits per heavy atom. The van der Waals surface area contributed by atoms with E-state index in [1.807, 2.05) is 0 Å². The summed E-state index contributed by atoms with van der Waals surface area (Å²) in [5.74, 6) is -1.48. The Hall–Kier alpha value is -1.74. The summed E-state index contributed by atoms with van der Waals surface area (Å²) in [6.07, 6.45) is 14.7. The molecule has 0 rings (SSSR count). The predicted octanol–water partition coefficient (Wildman–Crippen LogP) is 5.50. The lowest BCUT2D eigenvalue weighted by Crippen LogP contribution is -2.30. The van der Waals surface area contributed by atoms with Gasteiger partial charge in [-0.05, 0) is 12.8 Å². The minimum Gasteiger partial charge on any atom is -0.876 e. The third-order valence-electron chi connectivity index (χ3n) is 5.92. The standard InChI is InChI=1S/C27H50NO9P/c1-3-5-7-9-11-13-15-17-26(31)34-20-23(21-35-38(33)36-22-24(28)25(30)19-29)37-27(32)18-16-14-12-10-8-6-4-2/h19,23-24H,3-18,20-22,28H2,1-2H3,(H-,29,30)/b25-19-/t23-,24+/m1/s1. The maximum atomic E-state index is 12.3. The summed E-state index contributed by atoms with van der Waals surface area (Å²) in [7, 11) is -2.67. The first-order chi connectivity index (χ1) is 18.3. The number of esters is 2. The van der Waals surface area contributed by atoms with E-state index in [-0.39, 0.29) is 32.3 Å². The normalized spacial score (nSPS) is 13.7. The van der Waals surface area contributed by atoms with Crippen LogP contribution in [-0.4, -0.2) is 49.0 Å². The van der Waals surface area contributed by atoms with Gasteiger partial charge in [0, 0.05) is 17.4 Å². The van der Waals surface area contributed by atoms with Crippen LogP contribution in [0.4, 0.5) is 0 Å². The summed E-state index contributed by atoms with van der Waals surface area (Å²) in [6.45, 7) is 3.39. The molecule has 0 aromatic carbocycles. The molecule has 0 heterocycles. The Balaban J connectivity index is 4.51. The van der Waals surface area contributed by atoms with Gasteiger partial charge in [-0.3, -0.25) is 9.59 Å². The van der Waals surface area contributed by atoms with E-state index in [1.165, 1.54) is 38.5 Å². The average molecular weight is 564 g/mol. The number of nitrogens with two attached hydrogens (primary N) is 1. The molecule has 3 N–H and O–H groups in total. The number of hydrogen-bond donors (Lipinski definition) is 2. The number of rotatable bonds is 26. The lowest BCUT2D eigenvalue weighted by Gasteiger charge is -2.16. The van der Waals surface area contributed by atoms with Crippen molar-refractivity contribution in [1.29, 1.82) is 0 Å². The van der Waals surface area contributed by atoms with E-state index in [2.05, 4.69) is 13.8 Å². The van der Waals surface area contributed by atoms with E-state index < -0.39 is 44.7 Å². The lowest BCUT2D eigenvalue weighted by atomic mass is 10.1. The Morgan fingerprint density at radius 1 is 0.789 bits per heavy atom. The zero-order valence-corrected chi connectivity index (χ0v) is 24.3. The molecular formula is C27H50NO9P. The van der Waals surface area contributed by atoms with E-state index >= 15 is 0 Å². The van der Waals surface area contributed by atoms with Crippen LogP contribution in [-0.2, 0) is 32.7 Å². The topological polar surface area (TPSA) is 157 Å². The van der Waals surface area contributed by atoms with Gasteiger partial charge in [0.15, 0.2) is 6.10 Å². The molecule has 3 atom stereocenters. The number of aliphatic hydroxyl groups is 1. The highest BCUT2D eigenvalue weighted by Gasteiger charge is 2.27. The molecule has 0 aromatic rings. The van der Waals surface area contributed by atoms with Crippen LogP contribution in [0, 0.1) is 0 Å². The van der Waals surface area contributed by atoms with Crippen LogP contribution in [0.1, 0.15) is 117 Å². The van der Waals surface area contributed by atoms with Crippen LogP contribution < -0.4 is 10.8 Å². The molecule has 0 aliphatic rings. The average Bonchev–Trinajstić information content (AvgIpc) is 2.91. The van der Waals surface area contributed by atoms with Crippen molar-refractivity contribution < 1.29 is 42.9 Å². The summed E-state index contributed by atoms with van der Waals surface area (Å²) in [4.78, 5) is 24.5. The van der Waals surface area contributed by atoms with Gasteiger partial charge in [0.05, 0.1) is 11.8 Å². The Morgan fingerprint density at radius 3 is 1.79 bits per heavy atom. The Bertz CT molecular complexity index is 660. The largest absolute Gasteiger partial charge is 0.876 e. The molecule has 0 saturated carbocycles. The van der Waals surface area contributed by atoms with E-state index in [1.54, 1.807) is 0 Å². The molecule has 38 heavy (non-hydrogen) atoms. The van der Waals surface area contributed by atoms with Gasteiger partial charge in [-0.2, -0.15) is 0 Å². The van der Waals surface area contributed by atoms with Crippen molar-refractivity contribution >= 4 is 20.2 Å². The molecule has 10 nitrogen and oxygen atoms in total. The van der Waals surface area contributed by atoms with Crippen LogP contribution in [0.25, 0.3) is 0 Å². The van der Waals surface area contributed by atoms with E-state index in [0.29, 0.717) is 6.42 Å². The molecule has 0 amide bonds. The minimum atomic E-state index is -2.67. The van der Waals surface area contributed by atoms with Gasteiger partial charge in [0.1, 0.15) is 19.8 Å². The summed E-state index contributed by atoms with van der Waals surface area (Å²) in [5.41, 5.74) is 5.50. The number of aliphatic hydroxyl groups excluding tert-OH is 1. The monoisotopic (exact) mass is 563 g/mol. The predicted molar refractivity (Wildman–Crippen MR) is 144 cm³/mol. The van der Waals surface area contributed by atoms with Gasteiger partial charge < -0.3 is 25.4 Å². The maximum Gasteiger partial charge on any atom is 0.697 e. The zero-order valence-electron chi connectivity index (χ0n) is 23.4. The molecule has 0 aromatic heterocycles. The maximum absolute atomic E-state index is 12.3. The minimum absolute atomic E-state index is 0.170. The molecule has 222 valence electrons. The fraction of sp³-hybridized carbons (Fsp3) is 0.852. The second-order valence-corrected chi connectivity index (χ2v) is 10.5. The quantitative estimate of drug-likeness (QED) is 0.0596. The van der Waals surface area contributed by atoms with Crippen LogP contribution in [0.2, 0.25) is 0 Å². The van der Waals surface area contributed by atoms with Gasteiger partial charge in [-0.1, -0.05) is 90.9 Å². The van der Waals surface area contributed by atoms with Crippen LogP contribution >= 0.6 is 8.25 Å². The SMILES string of the molecule is CCCCCCCCCC(=O)OC[C@H](CO[P+](=O)OC[C@H](N)/C(O)=C/[O-])OC(=O)CCCCCCCCC.